The highest BCUT2D eigenvalue weighted by Crippen LogP contribution is 2.36. The summed E-state index contributed by atoms with van der Waals surface area (Å²) in [6.07, 6.45) is 0.966. The third kappa shape index (κ3) is 2.60. The second kappa shape index (κ2) is 5.61. The molecule has 21 heavy (non-hydrogen) atoms. The van der Waals surface area contributed by atoms with Crippen LogP contribution in [0.1, 0.15) is 33.2 Å². The molecule has 0 amide bonds. The van der Waals surface area contributed by atoms with E-state index in [0.717, 1.165) is 46.8 Å². The molecule has 2 aromatic rings. The summed E-state index contributed by atoms with van der Waals surface area (Å²) in [6.45, 7) is 4.87. The fraction of sp³-hybridized carbons (Fsp3) is 0.333. The van der Waals surface area contributed by atoms with Crippen molar-refractivity contribution in [2.24, 2.45) is 0 Å². The first-order chi connectivity index (χ1) is 10.1. The number of rotatable bonds is 3. The van der Waals surface area contributed by atoms with Crippen molar-refractivity contribution in [3.8, 4) is 11.5 Å². The molecule has 0 fully saturated rings. The van der Waals surface area contributed by atoms with Crippen LogP contribution in [0.25, 0.3) is 0 Å². The predicted molar refractivity (Wildman–Crippen MR) is 85.8 cm³/mol. The van der Waals surface area contributed by atoms with Crippen LogP contribution in [0.3, 0.4) is 0 Å². The van der Waals surface area contributed by atoms with Gasteiger partial charge in [0.05, 0.1) is 19.1 Å². The van der Waals surface area contributed by atoms with Gasteiger partial charge in [-0.15, -0.1) is 11.6 Å². The largest absolute Gasteiger partial charge is 0.496 e. The Balaban J connectivity index is 1.97. The smallest absolute Gasteiger partial charge is 0.124 e. The number of halogens is 1. The van der Waals surface area contributed by atoms with Crippen LogP contribution < -0.4 is 9.47 Å². The van der Waals surface area contributed by atoms with Gasteiger partial charge in [0, 0.05) is 6.42 Å². The Hall–Kier alpha value is -1.67. The molecular formula is C18H19ClO2. The zero-order valence-corrected chi connectivity index (χ0v) is 13.3. The molecular weight excluding hydrogens is 284 g/mol. The molecule has 1 unspecified atom stereocenters. The number of fused-ring (bicyclic) bond motifs is 1. The highest BCUT2D eigenvalue weighted by Gasteiger charge is 2.18. The number of hydrogen-bond donors (Lipinski definition) is 0. The third-order valence-corrected chi connectivity index (χ3v) is 4.49. The highest BCUT2D eigenvalue weighted by molar-refractivity contribution is 6.22. The molecule has 2 nitrogen and oxygen atoms in total. The van der Waals surface area contributed by atoms with Crippen LogP contribution in [0.4, 0.5) is 0 Å². The molecule has 1 aliphatic heterocycles. The Bertz CT molecular complexity index is 656. The summed E-state index contributed by atoms with van der Waals surface area (Å²) < 4.78 is 11.0. The quantitative estimate of drug-likeness (QED) is 0.773. The van der Waals surface area contributed by atoms with Crippen molar-refractivity contribution in [3.05, 3.63) is 58.1 Å². The van der Waals surface area contributed by atoms with E-state index in [2.05, 4.69) is 38.1 Å². The number of hydrogen-bond acceptors (Lipinski definition) is 2. The summed E-state index contributed by atoms with van der Waals surface area (Å²) in [5.74, 6) is 1.93. The van der Waals surface area contributed by atoms with Crippen LogP contribution in [-0.4, -0.2) is 13.7 Å². The van der Waals surface area contributed by atoms with Crippen molar-refractivity contribution < 1.29 is 9.47 Å². The van der Waals surface area contributed by atoms with Gasteiger partial charge < -0.3 is 9.47 Å². The monoisotopic (exact) mass is 302 g/mol. The van der Waals surface area contributed by atoms with Crippen molar-refractivity contribution in [1.29, 1.82) is 0 Å². The Kier molecular flexibility index (Phi) is 3.81. The van der Waals surface area contributed by atoms with Crippen molar-refractivity contribution in [1.82, 2.24) is 0 Å². The summed E-state index contributed by atoms with van der Waals surface area (Å²) in [6, 6.07) is 10.4. The molecule has 0 N–H and O–H groups in total. The lowest BCUT2D eigenvalue weighted by atomic mass is 9.97. The molecule has 3 rings (SSSR count). The molecule has 0 spiro atoms. The van der Waals surface area contributed by atoms with Gasteiger partial charge in [-0.05, 0) is 47.7 Å². The van der Waals surface area contributed by atoms with Gasteiger partial charge >= 0.3 is 0 Å². The fourth-order valence-electron chi connectivity index (χ4n) is 3.01. The van der Waals surface area contributed by atoms with Crippen molar-refractivity contribution in [3.63, 3.8) is 0 Å². The van der Waals surface area contributed by atoms with Gasteiger partial charge in [0.2, 0.25) is 0 Å². The first-order valence-electron chi connectivity index (χ1n) is 7.15. The Morgan fingerprint density at radius 1 is 1.10 bits per heavy atom. The summed E-state index contributed by atoms with van der Waals surface area (Å²) in [5, 5.41) is -0.154. The van der Waals surface area contributed by atoms with Gasteiger partial charge in [-0.3, -0.25) is 0 Å². The molecule has 0 saturated carbocycles. The van der Waals surface area contributed by atoms with Crippen LogP contribution in [0, 0.1) is 13.8 Å². The highest BCUT2D eigenvalue weighted by atomic mass is 35.5. The normalized spacial score (nSPS) is 14.5. The lowest BCUT2D eigenvalue weighted by Gasteiger charge is -2.16. The number of alkyl halides is 1. The lowest BCUT2D eigenvalue weighted by molar-refractivity contribution is 0.357. The number of benzene rings is 2. The maximum atomic E-state index is 6.69. The minimum absolute atomic E-state index is 0.154. The fourth-order valence-corrected chi connectivity index (χ4v) is 3.27. The Morgan fingerprint density at radius 3 is 2.48 bits per heavy atom. The van der Waals surface area contributed by atoms with Crippen molar-refractivity contribution in [2.45, 2.75) is 25.6 Å². The van der Waals surface area contributed by atoms with Crippen LogP contribution in [0.5, 0.6) is 11.5 Å². The second-order valence-electron chi connectivity index (χ2n) is 5.52. The van der Waals surface area contributed by atoms with Crippen molar-refractivity contribution >= 4 is 11.6 Å². The summed E-state index contributed by atoms with van der Waals surface area (Å²) in [4.78, 5) is 0. The van der Waals surface area contributed by atoms with E-state index in [4.69, 9.17) is 21.1 Å². The van der Waals surface area contributed by atoms with E-state index in [0.29, 0.717) is 0 Å². The minimum Gasteiger partial charge on any atom is -0.496 e. The summed E-state index contributed by atoms with van der Waals surface area (Å²) in [7, 11) is 1.70. The van der Waals surface area contributed by atoms with E-state index >= 15 is 0 Å². The molecule has 0 aromatic heterocycles. The Labute approximate surface area is 130 Å². The van der Waals surface area contributed by atoms with E-state index in [1.54, 1.807) is 7.11 Å². The average Bonchev–Trinajstić information content (AvgIpc) is 2.93. The lowest BCUT2D eigenvalue weighted by Crippen LogP contribution is -1.98. The van der Waals surface area contributed by atoms with Crippen LogP contribution in [0.15, 0.2) is 30.3 Å². The standard InChI is InChI=1S/C18H19ClO2/c1-11-8-15(9-12(2)18(11)20-3)17(19)14-4-5-16-13(10-14)6-7-21-16/h4-5,8-10,17H,6-7H2,1-3H3. The van der Waals surface area contributed by atoms with Crippen LogP contribution >= 0.6 is 11.6 Å². The zero-order chi connectivity index (χ0) is 15.0. The maximum absolute atomic E-state index is 6.69. The number of methoxy groups -OCH3 is 1. The molecule has 0 aliphatic carbocycles. The predicted octanol–water partition coefficient (Wildman–Crippen LogP) is 4.58. The van der Waals surface area contributed by atoms with Gasteiger partial charge in [0.15, 0.2) is 0 Å². The average molecular weight is 303 g/mol. The first-order valence-corrected chi connectivity index (χ1v) is 7.58. The molecule has 1 aliphatic rings. The minimum atomic E-state index is -0.154. The van der Waals surface area contributed by atoms with Crippen LogP contribution in [-0.2, 0) is 6.42 Å². The molecule has 1 atom stereocenters. The topological polar surface area (TPSA) is 18.5 Å². The van der Waals surface area contributed by atoms with Crippen molar-refractivity contribution in [2.75, 3.05) is 13.7 Å². The number of aryl methyl sites for hydroxylation is 2. The summed E-state index contributed by atoms with van der Waals surface area (Å²) in [5.41, 5.74) is 5.70. The molecule has 1 heterocycles. The van der Waals surface area contributed by atoms with E-state index in [1.807, 2.05) is 6.07 Å². The second-order valence-corrected chi connectivity index (χ2v) is 5.95. The Morgan fingerprint density at radius 2 is 1.81 bits per heavy atom. The molecule has 0 saturated heterocycles. The van der Waals surface area contributed by atoms with E-state index in [-0.39, 0.29) is 5.38 Å². The van der Waals surface area contributed by atoms with Gasteiger partial charge in [0.1, 0.15) is 11.5 Å². The zero-order valence-electron chi connectivity index (χ0n) is 12.6. The molecule has 110 valence electrons. The van der Waals surface area contributed by atoms with E-state index in [1.165, 1.54) is 5.56 Å². The van der Waals surface area contributed by atoms with Gasteiger partial charge in [-0.25, -0.2) is 0 Å². The molecule has 3 heteroatoms. The molecule has 0 radical (unpaired) electrons. The SMILES string of the molecule is COc1c(C)cc(C(Cl)c2ccc3c(c2)CCO3)cc1C. The van der Waals surface area contributed by atoms with Gasteiger partial charge in [-0.2, -0.15) is 0 Å². The van der Waals surface area contributed by atoms with E-state index < -0.39 is 0 Å². The molecule has 0 bridgehead atoms. The van der Waals surface area contributed by atoms with Gasteiger partial charge in [-0.1, -0.05) is 24.3 Å². The van der Waals surface area contributed by atoms with E-state index in [9.17, 15) is 0 Å². The van der Waals surface area contributed by atoms with Crippen LogP contribution in [0.2, 0.25) is 0 Å². The molecule has 2 aromatic carbocycles. The third-order valence-electron chi connectivity index (χ3n) is 3.99. The summed E-state index contributed by atoms with van der Waals surface area (Å²) >= 11 is 6.69. The first kappa shape index (κ1) is 14.3. The number of ether oxygens (including phenoxy) is 2. The maximum Gasteiger partial charge on any atom is 0.124 e. The van der Waals surface area contributed by atoms with Gasteiger partial charge in [0.25, 0.3) is 0 Å².